The number of hydrogen-bond acceptors (Lipinski definition) is 5. The maximum Gasteiger partial charge on any atom is 0.182 e. The van der Waals surface area contributed by atoms with Crippen LogP contribution in [0.4, 0.5) is 0 Å². The molecule has 5 heteroatoms. The third-order valence-corrected chi connectivity index (χ3v) is 5.80. The summed E-state index contributed by atoms with van der Waals surface area (Å²) in [6.45, 7) is 6.98. The molecule has 0 unspecified atom stereocenters. The van der Waals surface area contributed by atoms with Gasteiger partial charge in [-0.25, -0.2) is 0 Å². The zero-order valence-electron chi connectivity index (χ0n) is 14.6. The summed E-state index contributed by atoms with van der Waals surface area (Å²) >= 11 is 6.04. The molecule has 0 bridgehead atoms. The molecule has 25 heavy (non-hydrogen) atoms. The van der Waals surface area contributed by atoms with Crippen LogP contribution in [0, 0.1) is 0 Å². The van der Waals surface area contributed by atoms with Gasteiger partial charge in [0.2, 0.25) is 0 Å². The minimum atomic E-state index is -0.515. The lowest BCUT2D eigenvalue weighted by atomic mass is 9.91. The van der Waals surface area contributed by atoms with Crippen molar-refractivity contribution in [1.29, 1.82) is 0 Å². The van der Waals surface area contributed by atoms with Gasteiger partial charge in [-0.1, -0.05) is 30.0 Å². The molecule has 0 spiro atoms. The van der Waals surface area contributed by atoms with E-state index in [1.807, 2.05) is 56.3 Å². The van der Waals surface area contributed by atoms with Crippen LogP contribution in [-0.2, 0) is 4.74 Å². The second kappa shape index (κ2) is 7.96. The quantitative estimate of drug-likeness (QED) is 0.621. The standard InChI is InChI=1S/C20H23NO2S2/c1-20(2,21-10-12-23-13-11-21)19(22)15-6-8-17(9-7-15)25-18-5-3-4-16(24)14-18/h3-9,14,24H,10-13H2,1-2H3. The van der Waals surface area contributed by atoms with Crippen LogP contribution in [0.5, 0.6) is 0 Å². The summed E-state index contributed by atoms with van der Waals surface area (Å²) in [5.74, 6) is 0.156. The molecular formula is C20H23NO2S2. The predicted molar refractivity (Wildman–Crippen MR) is 105 cm³/mol. The Morgan fingerprint density at radius 3 is 2.40 bits per heavy atom. The molecule has 1 saturated heterocycles. The van der Waals surface area contributed by atoms with E-state index in [0.29, 0.717) is 13.2 Å². The Bertz CT molecular complexity index is 738. The van der Waals surface area contributed by atoms with E-state index >= 15 is 0 Å². The highest BCUT2D eigenvalue weighted by molar-refractivity contribution is 7.99. The van der Waals surface area contributed by atoms with E-state index in [4.69, 9.17) is 4.74 Å². The fourth-order valence-corrected chi connectivity index (χ4v) is 4.17. The van der Waals surface area contributed by atoms with Gasteiger partial charge in [-0.15, -0.1) is 12.6 Å². The lowest BCUT2D eigenvalue weighted by molar-refractivity contribution is -0.00430. The number of carbonyl (C=O) groups is 1. The smallest absolute Gasteiger partial charge is 0.182 e. The SMILES string of the molecule is CC(C)(C(=O)c1ccc(Sc2cccc(S)c2)cc1)N1CCOCC1. The number of carbonyl (C=O) groups excluding carboxylic acids is 1. The maximum atomic E-state index is 13.0. The molecule has 3 rings (SSSR count). The number of morpholine rings is 1. The molecule has 0 radical (unpaired) electrons. The molecule has 0 N–H and O–H groups in total. The predicted octanol–water partition coefficient (Wildman–Crippen LogP) is 4.42. The first-order valence-electron chi connectivity index (χ1n) is 8.41. The average Bonchev–Trinajstić information content (AvgIpc) is 2.62. The van der Waals surface area contributed by atoms with Gasteiger partial charge in [-0.2, -0.15) is 0 Å². The Morgan fingerprint density at radius 1 is 1.08 bits per heavy atom. The Kier molecular flexibility index (Phi) is 5.89. The van der Waals surface area contributed by atoms with E-state index in [1.54, 1.807) is 11.8 Å². The topological polar surface area (TPSA) is 29.5 Å². The molecule has 0 atom stereocenters. The van der Waals surface area contributed by atoms with Gasteiger partial charge in [0.1, 0.15) is 0 Å². The first-order valence-corrected chi connectivity index (χ1v) is 9.68. The Hall–Kier alpha value is -1.27. The fourth-order valence-electron chi connectivity index (χ4n) is 2.98. The summed E-state index contributed by atoms with van der Waals surface area (Å²) in [4.78, 5) is 18.4. The van der Waals surface area contributed by atoms with Gasteiger partial charge < -0.3 is 4.74 Å². The molecule has 1 aliphatic heterocycles. The van der Waals surface area contributed by atoms with Gasteiger partial charge in [0.05, 0.1) is 18.8 Å². The van der Waals surface area contributed by atoms with E-state index < -0.39 is 5.54 Å². The number of ketones is 1. The number of rotatable bonds is 5. The summed E-state index contributed by atoms with van der Waals surface area (Å²) in [7, 11) is 0. The Labute approximate surface area is 159 Å². The Morgan fingerprint density at radius 2 is 1.76 bits per heavy atom. The minimum absolute atomic E-state index is 0.156. The summed E-state index contributed by atoms with van der Waals surface area (Å²) in [6.07, 6.45) is 0. The van der Waals surface area contributed by atoms with Crippen LogP contribution in [0.1, 0.15) is 24.2 Å². The van der Waals surface area contributed by atoms with Crippen molar-refractivity contribution in [3.8, 4) is 0 Å². The highest BCUT2D eigenvalue weighted by Gasteiger charge is 2.35. The van der Waals surface area contributed by atoms with Gasteiger partial charge in [0.25, 0.3) is 0 Å². The molecule has 3 nitrogen and oxygen atoms in total. The van der Waals surface area contributed by atoms with E-state index in [-0.39, 0.29) is 5.78 Å². The van der Waals surface area contributed by atoms with Crippen molar-refractivity contribution in [1.82, 2.24) is 4.90 Å². The zero-order chi connectivity index (χ0) is 17.9. The van der Waals surface area contributed by atoms with Gasteiger partial charge in [-0.3, -0.25) is 9.69 Å². The molecule has 1 aliphatic rings. The highest BCUT2D eigenvalue weighted by Crippen LogP contribution is 2.30. The van der Waals surface area contributed by atoms with Crippen LogP contribution in [0.3, 0.4) is 0 Å². The van der Waals surface area contributed by atoms with Crippen molar-refractivity contribution in [2.24, 2.45) is 0 Å². The number of hydrogen-bond donors (Lipinski definition) is 1. The Balaban J connectivity index is 1.71. The van der Waals surface area contributed by atoms with Gasteiger partial charge >= 0.3 is 0 Å². The summed E-state index contributed by atoms with van der Waals surface area (Å²) in [6, 6.07) is 15.9. The van der Waals surface area contributed by atoms with Crippen molar-refractivity contribution in [3.63, 3.8) is 0 Å². The van der Waals surface area contributed by atoms with Crippen molar-refractivity contribution in [2.45, 2.75) is 34.1 Å². The fraction of sp³-hybridized carbons (Fsp3) is 0.350. The molecular weight excluding hydrogens is 350 g/mol. The van der Waals surface area contributed by atoms with Gasteiger partial charge in [0, 0.05) is 33.3 Å². The molecule has 0 aliphatic carbocycles. The van der Waals surface area contributed by atoms with Gasteiger partial charge in [0.15, 0.2) is 5.78 Å². The van der Waals surface area contributed by atoms with Crippen molar-refractivity contribution in [3.05, 3.63) is 54.1 Å². The lowest BCUT2D eigenvalue weighted by Crippen LogP contribution is -2.54. The van der Waals surface area contributed by atoms with Crippen LogP contribution in [0.25, 0.3) is 0 Å². The molecule has 1 fully saturated rings. The maximum absolute atomic E-state index is 13.0. The lowest BCUT2D eigenvalue weighted by Gasteiger charge is -2.39. The largest absolute Gasteiger partial charge is 0.379 e. The number of thiol groups is 1. The van der Waals surface area contributed by atoms with E-state index in [1.165, 1.54) is 0 Å². The van der Waals surface area contributed by atoms with Crippen molar-refractivity contribution < 1.29 is 9.53 Å². The monoisotopic (exact) mass is 373 g/mol. The van der Waals surface area contributed by atoms with E-state index in [9.17, 15) is 4.79 Å². The first kappa shape index (κ1) is 18.5. The van der Waals surface area contributed by atoms with Crippen molar-refractivity contribution >= 4 is 30.2 Å². The third-order valence-electron chi connectivity index (χ3n) is 4.53. The molecule has 0 aromatic heterocycles. The zero-order valence-corrected chi connectivity index (χ0v) is 16.3. The second-order valence-corrected chi connectivity index (χ2v) is 8.27. The number of nitrogens with zero attached hydrogens (tertiary/aromatic N) is 1. The van der Waals surface area contributed by atoms with E-state index in [2.05, 4.69) is 23.6 Å². The number of benzene rings is 2. The first-order chi connectivity index (χ1) is 12.0. The van der Waals surface area contributed by atoms with Crippen LogP contribution in [0.15, 0.2) is 63.2 Å². The highest BCUT2D eigenvalue weighted by atomic mass is 32.2. The molecule has 0 saturated carbocycles. The van der Waals surface area contributed by atoms with Gasteiger partial charge in [-0.05, 0) is 44.2 Å². The summed E-state index contributed by atoms with van der Waals surface area (Å²) < 4.78 is 5.40. The average molecular weight is 374 g/mol. The molecule has 2 aromatic carbocycles. The third kappa shape index (κ3) is 4.47. The second-order valence-electron chi connectivity index (χ2n) is 6.61. The molecule has 1 heterocycles. The van der Waals surface area contributed by atoms with Crippen LogP contribution in [0.2, 0.25) is 0 Å². The number of Topliss-reactive ketones (excluding diaryl/α,β-unsaturated/α-hetero) is 1. The summed E-state index contributed by atoms with van der Waals surface area (Å²) in [5, 5.41) is 0. The molecule has 2 aromatic rings. The molecule has 0 amide bonds. The van der Waals surface area contributed by atoms with E-state index in [0.717, 1.165) is 33.3 Å². The van der Waals surface area contributed by atoms with Crippen LogP contribution < -0.4 is 0 Å². The van der Waals surface area contributed by atoms with Crippen LogP contribution >= 0.6 is 24.4 Å². The molecule has 132 valence electrons. The van der Waals surface area contributed by atoms with Crippen LogP contribution in [-0.4, -0.2) is 42.5 Å². The summed E-state index contributed by atoms with van der Waals surface area (Å²) in [5.41, 5.74) is 0.238. The number of ether oxygens (including phenoxy) is 1. The van der Waals surface area contributed by atoms with Crippen molar-refractivity contribution in [2.75, 3.05) is 26.3 Å². The normalized spacial score (nSPS) is 16.0. The minimum Gasteiger partial charge on any atom is -0.379 e.